The minimum Gasteiger partial charge on any atom is -0.359 e. The molecular formula is C13H20N2. The first-order valence-electron chi connectivity index (χ1n) is 5.89. The van der Waals surface area contributed by atoms with Gasteiger partial charge in [-0.2, -0.15) is 5.26 Å². The Morgan fingerprint density at radius 3 is 2.73 bits per heavy atom. The Hall–Kier alpha value is -1.23. The van der Waals surface area contributed by atoms with E-state index in [1.165, 1.54) is 32.1 Å². The molecule has 0 saturated heterocycles. The Morgan fingerprint density at radius 2 is 2.00 bits per heavy atom. The molecule has 1 atom stereocenters. The van der Waals surface area contributed by atoms with Crippen molar-refractivity contribution in [3.63, 3.8) is 0 Å². The molecule has 0 aliphatic carbocycles. The first kappa shape index (κ1) is 11.8. The Kier molecular flexibility index (Phi) is 5.62. The average molecular weight is 204 g/mol. The molecule has 1 rings (SSSR count). The molecule has 82 valence electrons. The van der Waals surface area contributed by atoms with Crippen LogP contribution in [-0.4, -0.2) is 17.5 Å². The van der Waals surface area contributed by atoms with Crippen LogP contribution in [0.15, 0.2) is 24.4 Å². The molecule has 2 heteroatoms. The van der Waals surface area contributed by atoms with E-state index >= 15 is 0 Å². The highest BCUT2D eigenvalue weighted by molar-refractivity contribution is 5.19. The summed E-state index contributed by atoms with van der Waals surface area (Å²) in [7, 11) is 0. The van der Waals surface area contributed by atoms with Gasteiger partial charge in [0.15, 0.2) is 0 Å². The lowest BCUT2D eigenvalue weighted by Gasteiger charge is -2.25. The summed E-state index contributed by atoms with van der Waals surface area (Å²) in [5.74, 6) is 0. The second-order valence-electron chi connectivity index (χ2n) is 3.95. The third-order valence-electron chi connectivity index (χ3n) is 2.69. The monoisotopic (exact) mass is 204 g/mol. The van der Waals surface area contributed by atoms with E-state index in [0.717, 1.165) is 6.54 Å². The topological polar surface area (TPSA) is 27.0 Å². The Bertz CT molecular complexity index is 260. The normalized spacial score (nSPS) is 19.2. The van der Waals surface area contributed by atoms with Crippen LogP contribution in [0, 0.1) is 11.3 Å². The van der Waals surface area contributed by atoms with Gasteiger partial charge in [-0.05, 0) is 18.6 Å². The molecule has 0 amide bonds. The fourth-order valence-electron chi connectivity index (χ4n) is 1.76. The van der Waals surface area contributed by atoms with Crippen LogP contribution in [0.4, 0.5) is 0 Å². The molecule has 1 aliphatic rings. The van der Waals surface area contributed by atoms with E-state index in [1.807, 2.05) is 24.4 Å². The molecular weight excluding hydrogens is 184 g/mol. The summed E-state index contributed by atoms with van der Waals surface area (Å²) >= 11 is 0. The highest BCUT2D eigenvalue weighted by atomic mass is 15.1. The number of allylic oxidation sites excluding steroid dienone is 2. The standard InChI is InChI=1S/C13H20N2/c1-2-3-4-5-7-10-15-11-8-6-9-13(15)12-14/h6,8-9,11,13H,2-5,7,10H2,1H3. The third-order valence-corrected chi connectivity index (χ3v) is 2.69. The van der Waals surface area contributed by atoms with Crippen LogP contribution in [0.25, 0.3) is 0 Å². The van der Waals surface area contributed by atoms with Crippen LogP contribution in [-0.2, 0) is 0 Å². The summed E-state index contributed by atoms with van der Waals surface area (Å²) in [5.41, 5.74) is 0. The summed E-state index contributed by atoms with van der Waals surface area (Å²) in [6.45, 7) is 3.23. The van der Waals surface area contributed by atoms with E-state index in [0.29, 0.717) is 0 Å². The lowest BCUT2D eigenvalue weighted by molar-refractivity contribution is 0.349. The Labute approximate surface area is 92.9 Å². The summed E-state index contributed by atoms with van der Waals surface area (Å²) in [4.78, 5) is 2.12. The van der Waals surface area contributed by atoms with Crippen LogP contribution in [0.5, 0.6) is 0 Å². The molecule has 1 unspecified atom stereocenters. The summed E-state index contributed by atoms with van der Waals surface area (Å²) < 4.78 is 0. The second kappa shape index (κ2) is 7.11. The quantitative estimate of drug-likeness (QED) is 0.621. The minimum absolute atomic E-state index is 0.0545. The predicted molar refractivity (Wildman–Crippen MR) is 63.1 cm³/mol. The smallest absolute Gasteiger partial charge is 0.135 e. The molecule has 1 aliphatic heterocycles. The maximum atomic E-state index is 8.93. The van der Waals surface area contributed by atoms with E-state index in [9.17, 15) is 0 Å². The first-order valence-corrected chi connectivity index (χ1v) is 5.89. The van der Waals surface area contributed by atoms with Gasteiger partial charge in [-0.1, -0.05) is 38.7 Å². The number of hydrogen-bond acceptors (Lipinski definition) is 2. The zero-order chi connectivity index (χ0) is 10.9. The zero-order valence-electron chi connectivity index (χ0n) is 9.52. The lowest BCUT2D eigenvalue weighted by atomic mass is 10.1. The van der Waals surface area contributed by atoms with Gasteiger partial charge < -0.3 is 4.90 Å². The molecule has 0 radical (unpaired) electrons. The molecule has 0 aromatic heterocycles. The average Bonchev–Trinajstić information content (AvgIpc) is 2.29. The first-order chi connectivity index (χ1) is 7.38. The summed E-state index contributed by atoms with van der Waals surface area (Å²) in [6.07, 6.45) is 14.3. The van der Waals surface area contributed by atoms with Crippen LogP contribution < -0.4 is 0 Å². The van der Waals surface area contributed by atoms with Crippen molar-refractivity contribution in [2.24, 2.45) is 0 Å². The molecule has 0 fully saturated rings. The van der Waals surface area contributed by atoms with Gasteiger partial charge in [-0.3, -0.25) is 0 Å². The van der Waals surface area contributed by atoms with Gasteiger partial charge in [0.05, 0.1) is 6.07 Å². The third kappa shape index (κ3) is 4.20. The van der Waals surface area contributed by atoms with Crippen molar-refractivity contribution >= 4 is 0 Å². The van der Waals surface area contributed by atoms with Crippen molar-refractivity contribution in [1.29, 1.82) is 5.26 Å². The molecule has 0 N–H and O–H groups in total. The van der Waals surface area contributed by atoms with Crippen LogP contribution in [0.3, 0.4) is 0 Å². The molecule has 0 bridgehead atoms. The number of unbranched alkanes of at least 4 members (excludes halogenated alkanes) is 4. The highest BCUT2D eigenvalue weighted by Crippen LogP contribution is 2.10. The molecule has 0 aromatic rings. The molecule has 0 aromatic carbocycles. The van der Waals surface area contributed by atoms with Crippen molar-refractivity contribution in [3.05, 3.63) is 24.4 Å². The fourth-order valence-corrected chi connectivity index (χ4v) is 1.76. The van der Waals surface area contributed by atoms with Gasteiger partial charge in [0.2, 0.25) is 0 Å². The van der Waals surface area contributed by atoms with Crippen LogP contribution in [0.2, 0.25) is 0 Å². The van der Waals surface area contributed by atoms with Gasteiger partial charge in [0.25, 0.3) is 0 Å². The maximum absolute atomic E-state index is 8.93. The molecule has 15 heavy (non-hydrogen) atoms. The largest absolute Gasteiger partial charge is 0.359 e. The zero-order valence-corrected chi connectivity index (χ0v) is 9.52. The number of rotatable bonds is 6. The predicted octanol–water partition coefficient (Wildman–Crippen LogP) is 3.23. The van der Waals surface area contributed by atoms with Crippen LogP contribution >= 0.6 is 0 Å². The Morgan fingerprint density at radius 1 is 1.20 bits per heavy atom. The van der Waals surface area contributed by atoms with Crippen molar-refractivity contribution in [1.82, 2.24) is 4.90 Å². The van der Waals surface area contributed by atoms with Gasteiger partial charge in [0, 0.05) is 12.7 Å². The van der Waals surface area contributed by atoms with Crippen molar-refractivity contribution < 1.29 is 0 Å². The SMILES string of the molecule is CCCCCCCN1C=CC=CC1C#N. The van der Waals surface area contributed by atoms with Crippen molar-refractivity contribution in [2.45, 2.75) is 45.1 Å². The van der Waals surface area contributed by atoms with E-state index < -0.39 is 0 Å². The second-order valence-corrected chi connectivity index (χ2v) is 3.95. The lowest BCUT2D eigenvalue weighted by Crippen LogP contribution is -2.30. The van der Waals surface area contributed by atoms with Gasteiger partial charge in [-0.15, -0.1) is 0 Å². The van der Waals surface area contributed by atoms with Crippen molar-refractivity contribution in [2.75, 3.05) is 6.54 Å². The summed E-state index contributed by atoms with van der Waals surface area (Å²) in [5, 5.41) is 8.93. The van der Waals surface area contributed by atoms with E-state index in [2.05, 4.69) is 17.9 Å². The van der Waals surface area contributed by atoms with Crippen molar-refractivity contribution in [3.8, 4) is 6.07 Å². The van der Waals surface area contributed by atoms with E-state index in [-0.39, 0.29) is 6.04 Å². The number of nitriles is 1. The molecule has 0 spiro atoms. The number of nitrogens with zero attached hydrogens (tertiary/aromatic N) is 2. The van der Waals surface area contributed by atoms with E-state index in [4.69, 9.17) is 5.26 Å². The molecule has 1 heterocycles. The van der Waals surface area contributed by atoms with Gasteiger partial charge in [-0.25, -0.2) is 0 Å². The van der Waals surface area contributed by atoms with Gasteiger partial charge in [0.1, 0.15) is 6.04 Å². The minimum atomic E-state index is -0.0545. The molecule has 2 nitrogen and oxygen atoms in total. The molecule has 0 saturated carbocycles. The summed E-state index contributed by atoms with van der Waals surface area (Å²) in [6, 6.07) is 2.24. The fraction of sp³-hybridized carbons (Fsp3) is 0.615. The van der Waals surface area contributed by atoms with Gasteiger partial charge >= 0.3 is 0 Å². The maximum Gasteiger partial charge on any atom is 0.135 e. The Balaban J connectivity index is 2.18. The highest BCUT2D eigenvalue weighted by Gasteiger charge is 2.12. The number of hydrogen-bond donors (Lipinski definition) is 0. The van der Waals surface area contributed by atoms with Crippen LogP contribution in [0.1, 0.15) is 39.0 Å². The van der Waals surface area contributed by atoms with E-state index in [1.54, 1.807) is 0 Å².